The Morgan fingerprint density at radius 2 is 1.89 bits per heavy atom. The van der Waals surface area contributed by atoms with Crippen molar-refractivity contribution in [3.63, 3.8) is 0 Å². The molecule has 2 heterocycles. The van der Waals surface area contributed by atoms with Gasteiger partial charge < -0.3 is 14.4 Å². The van der Waals surface area contributed by atoms with E-state index in [9.17, 15) is 14.7 Å². The number of halogens is 2. The van der Waals surface area contributed by atoms with E-state index in [4.69, 9.17) is 27.9 Å². The summed E-state index contributed by atoms with van der Waals surface area (Å²) in [5, 5.41) is 14.5. The number of hydrogen-bond donors (Lipinski definition) is 1. The molecule has 0 bridgehead atoms. The predicted molar refractivity (Wildman–Crippen MR) is 107 cm³/mol. The van der Waals surface area contributed by atoms with E-state index < -0.39 is 11.4 Å². The van der Waals surface area contributed by atoms with E-state index in [1.807, 2.05) is 13.8 Å². The molecule has 0 saturated carbocycles. The van der Waals surface area contributed by atoms with Crippen LogP contribution in [0.15, 0.2) is 41.3 Å². The van der Waals surface area contributed by atoms with E-state index >= 15 is 0 Å². The summed E-state index contributed by atoms with van der Waals surface area (Å²) in [6.45, 7) is 4.76. The van der Waals surface area contributed by atoms with Crippen molar-refractivity contribution in [2.45, 2.75) is 26.9 Å². The van der Waals surface area contributed by atoms with E-state index in [-0.39, 0.29) is 22.2 Å². The quantitative estimate of drug-likeness (QED) is 0.630. The zero-order valence-electron chi connectivity index (χ0n) is 15.1. The molecule has 28 heavy (non-hydrogen) atoms. The Morgan fingerprint density at radius 1 is 1.14 bits per heavy atom. The van der Waals surface area contributed by atoms with Gasteiger partial charge in [0, 0.05) is 37.0 Å². The van der Waals surface area contributed by atoms with Gasteiger partial charge in [-0.15, -0.1) is 5.10 Å². The number of pyridine rings is 1. The van der Waals surface area contributed by atoms with E-state index in [1.165, 1.54) is 6.07 Å². The molecule has 7 nitrogen and oxygen atoms in total. The molecular formula is C19H17Cl2N3O4. The van der Waals surface area contributed by atoms with Crippen LogP contribution in [0.4, 0.5) is 0 Å². The van der Waals surface area contributed by atoms with Crippen molar-refractivity contribution in [3.8, 4) is 23.0 Å². The van der Waals surface area contributed by atoms with Gasteiger partial charge >= 0.3 is 5.97 Å². The van der Waals surface area contributed by atoms with Crippen molar-refractivity contribution in [1.82, 2.24) is 14.3 Å². The Bertz CT molecular complexity index is 1110. The summed E-state index contributed by atoms with van der Waals surface area (Å²) in [6.07, 6.45) is 1.75. The number of carbonyl (C=O) groups is 1. The molecule has 146 valence electrons. The summed E-state index contributed by atoms with van der Waals surface area (Å²) in [7, 11) is 0. The maximum Gasteiger partial charge on any atom is 0.341 e. The molecule has 0 saturated heterocycles. The van der Waals surface area contributed by atoms with Crippen LogP contribution >= 0.6 is 23.2 Å². The number of ether oxygens (including phenoxy) is 1. The number of carboxylic acids is 1. The molecule has 0 aliphatic carbocycles. The van der Waals surface area contributed by atoms with Gasteiger partial charge in [-0.2, -0.15) is 0 Å². The number of benzene rings is 1. The van der Waals surface area contributed by atoms with Crippen molar-refractivity contribution in [2.75, 3.05) is 0 Å². The predicted octanol–water partition coefficient (Wildman–Crippen LogP) is 4.55. The van der Waals surface area contributed by atoms with Crippen molar-refractivity contribution in [1.29, 1.82) is 0 Å². The van der Waals surface area contributed by atoms with Gasteiger partial charge in [-0.3, -0.25) is 9.48 Å². The summed E-state index contributed by atoms with van der Waals surface area (Å²) < 4.78 is 9.06. The van der Waals surface area contributed by atoms with Crippen LogP contribution in [0.3, 0.4) is 0 Å². The van der Waals surface area contributed by atoms with Gasteiger partial charge in [0.2, 0.25) is 17.2 Å². The van der Waals surface area contributed by atoms with Gasteiger partial charge in [0.15, 0.2) is 0 Å². The summed E-state index contributed by atoms with van der Waals surface area (Å²) in [5.74, 6) is -0.860. The molecule has 0 atom stereocenters. The first-order valence-corrected chi connectivity index (χ1v) is 9.29. The number of aromatic carboxylic acids is 1. The first kappa shape index (κ1) is 20.0. The molecule has 0 fully saturated rings. The maximum atomic E-state index is 12.6. The molecule has 0 spiro atoms. The van der Waals surface area contributed by atoms with Crippen LogP contribution < -0.4 is 10.2 Å². The number of hydrogen-bond acceptors (Lipinski definition) is 4. The molecule has 0 radical (unpaired) electrons. The van der Waals surface area contributed by atoms with Crippen LogP contribution in [0.2, 0.25) is 10.0 Å². The van der Waals surface area contributed by atoms with Gasteiger partial charge in [-0.25, -0.2) is 4.79 Å². The van der Waals surface area contributed by atoms with E-state index in [0.717, 1.165) is 6.07 Å². The Balaban J connectivity index is 2.25. The standard InChI is InChI=1S/C19H17Cl2N3O4/c1-3-23-8-7-15(22-23)28-16-10-14(25)17(19(26)27)18(24(16)4-2)11-5-6-12(20)13(21)9-11/h5-10H,3-4H2,1-2H3,(H,26,27). The van der Waals surface area contributed by atoms with Gasteiger partial charge in [0.25, 0.3) is 0 Å². The fraction of sp³-hybridized carbons (Fsp3) is 0.211. The number of carboxylic acid groups (broad SMARTS) is 1. The van der Waals surface area contributed by atoms with Crippen molar-refractivity contribution in [2.24, 2.45) is 0 Å². The minimum atomic E-state index is -1.34. The third kappa shape index (κ3) is 3.76. The summed E-state index contributed by atoms with van der Waals surface area (Å²) in [4.78, 5) is 24.4. The second kappa shape index (κ2) is 8.08. The average Bonchev–Trinajstić information content (AvgIpc) is 3.10. The number of nitrogens with zero attached hydrogens (tertiary/aromatic N) is 3. The lowest BCUT2D eigenvalue weighted by Crippen LogP contribution is -2.21. The molecule has 1 N–H and O–H groups in total. The lowest BCUT2D eigenvalue weighted by atomic mass is 10.0. The first-order chi connectivity index (χ1) is 13.3. The van der Waals surface area contributed by atoms with Gasteiger partial charge in [-0.05, 0) is 26.0 Å². The van der Waals surface area contributed by atoms with Crippen LogP contribution in [0, 0.1) is 0 Å². The Hall–Kier alpha value is -2.77. The second-order valence-corrected chi connectivity index (χ2v) is 6.67. The molecule has 1 aromatic carbocycles. The minimum absolute atomic E-state index is 0.180. The van der Waals surface area contributed by atoms with Crippen molar-refractivity contribution < 1.29 is 14.6 Å². The third-order valence-corrected chi connectivity index (χ3v) is 4.89. The molecule has 9 heteroatoms. The first-order valence-electron chi connectivity index (χ1n) is 8.53. The number of rotatable bonds is 6. The summed E-state index contributed by atoms with van der Waals surface area (Å²) in [5.41, 5.74) is -0.420. The largest absolute Gasteiger partial charge is 0.477 e. The molecule has 3 rings (SSSR count). The zero-order chi connectivity index (χ0) is 20.4. The van der Waals surface area contributed by atoms with Crippen LogP contribution in [-0.2, 0) is 13.1 Å². The van der Waals surface area contributed by atoms with Gasteiger partial charge in [0.1, 0.15) is 5.56 Å². The van der Waals surface area contributed by atoms with Gasteiger partial charge in [0.05, 0.1) is 15.7 Å². The summed E-state index contributed by atoms with van der Waals surface area (Å²) >= 11 is 12.1. The van der Waals surface area contributed by atoms with Crippen LogP contribution in [0.1, 0.15) is 24.2 Å². The summed E-state index contributed by atoms with van der Waals surface area (Å²) in [6, 6.07) is 7.49. The highest BCUT2D eigenvalue weighted by Gasteiger charge is 2.23. The van der Waals surface area contributed by atoms with Crippen molar-refractivity contribution in [3.05, 3.63) is 62.4 Å². The van der Waals surface area contributed by atoms with Gasteiger partial charge in [-0.1, -0.05) is 29.3 Å². The third-order valence-electron chi connectivity index (χ3n) is 4.15. The minimum Gasteiger partial charge on any atom is -0.477 e. The lowest BCUT2D eigenvalue weighted by Gasteiger charge is -2.19. The van der Waals surface area contributed by atoms with E-state index in [2.05, 4.69) is 5.10 Å². The van der Waals surface area contributed by atoms with Crippen LogP contribution in [0.25, 0.3) is 11.3 Å². The zero-order valence-corrected chi connectivity index (χ0v) is 16.7. The SMILES string of the molecule is CCn1ccc(Oc2cc(=O)c(C(=O)O)c(-c3ccc(Cl)c(Cl)c3)n2CC)n1. The highest BCUT2D eigenvalue weighted by atomic mass is 35.5. The number of aryl methyl sites for hydroxylation is 1. The fourth-order valence-corrected chi connectivity index (χ4v) is 3.15. The Kier molecular flexibility index (Phi) is 5.76. The fourth-order valence-electron chi connectivity index (χ4n) is 2.85. The van der Waals surface area contributed by atoms with E-state index in [1.54, 1.807) is 33.6 Å². The highest BCUT2D eigenvalue weighted by Crippen LogP contribution is 2.32. The number of aromatic nitrogens is 3. The van der Waals surface area contributed by atoms with Crippen LogP contribution in [-0.4, -0.2) is 25.4 Å². The molecule has 0 aliphatic heterocycles. The average molecular weight is 422 g/mol. The van der Waals surface area contributed by atoms with E-state index in [0.29, 0.717) is 29.6 Å². The molecule has 0 unspecified atom stereocenters. The maximum absolute atomic E-state index is 12.6. The Labute approximate surface area is 170 Å². The second-order valence-electron chi connectivity index (χ2n) is 5.86. The molecule has 0 amide bonds. The Morgan fingerprint density at radius 3 is 2.46 bits per heavy atom. The molecular weight excluding hydrogens is 405 g/mol. The molecule has 0 aliphatic rings. The highest BCUT2D eigenvalue weighted by molar-refractivity contribution is 6.42. The normalized spacial score (nSPS) is 10.9. The molecule has 2 aromatic heterocycles. The lowest BCUT2D eigenvalue weighted by molar-refractivity contribution is 0.0695. The monoisotopic (exact) mass is 421 g/mol. The topological polar surface area (TPSA) is 86.4 Å². The smallest absolute Gasteiger partial charge is 0.341 e. The van der Waals surface area contributed by atoms with Crippen LogP contribution in [0.5, 0.6) is 11.8 Å². The van der Waals surface area contributed by atoms with Crippen molar-refractivity contribution >= 4 is 29.2 Å². The molecule has 3 aromatic rings.